The maximum atomic E-state index is 10.9. The van der Waals surface area contributed by atoms with Crippen molar-refractivity contribution in [3.05, 3.63) is 0 Å². The van der Waals surface area contributed by atoms with Crippen LogP contribution in [0.15, 0.2) is 0 Å². The lowest BCUT2D eigenvalue weighted by Crippen LogP contribution is -2.46. The standard InChI is InChI=1S/C8H16N2O2/c9-8(12)6(5-11)7-3-1-2-4-10-7/h6-7,10-11H,1-5H2,(H2,9,12). The summed E-state index contributed by atoms with van der Waals surface area (Å²) < 4.78 is 0. The molecule has 1 rings (SSSR count). The molecule has 0 aliphatic carbocycles. The highest BCUT2D eigenvalue weighted by molar-refractivity contribution is 5.77. The summed E-state index contributed by atoms with van der Waals surface area (Å²) in [6, 6.07) is 0.0845. The van der Waals surface area contributed by atoms with E-state index < -0.39 is 11.8 Å². The molecule has 0 radical (unpaired) electrons. The maximum Gasteiger partial charge on any atom is 0.224 e. The van der Waals surface area contributed by atoms with Crippen LogP contribution in [0.5, 0.6) is 0 Å². The maximum absolute atomic E-state index is 10.9. The molecular formula is C8H16N2O2. The summed E-state index contributed by atoms with van der Waals surface area (Å²) in [6.07, 6.45) is 3.20. The molecule has 1 fully saturated rings. The number of aliphatic hydroxyl groups is 1. The second kappa shape index (κ2) is 4.42. The predicted molar refractivity (Wildman–Crippen MR) is 45.4 cm³/mol. The van der Waals surface area contributed by atoms with E-state index in [1.807, 2.05) is 0 Å². The molecule has 2 unspecified atom stereocenters. The van der Waals surface area contributed by atoms with Crippen LogP contribution in [0.2, 0.25) is 0 Å². The van der Waals surface area contributed by atoms with Crippen molar-refractivity contribution in [2.75, 3.05) is 13.2 Å². The van der Waals surface area contributed by atoms with Gasteiger partial charge >= 0.3 is 0 Å². The molecule has 0 spiro atoms. The number of aliphatic hydroxyl groups excluding tert-OH is 1. The summed E-state index contributed by atoms with van der Waals surface area (Å²) >= 11 is 0. The van der Waals surface area contributed by atoms with E-state index in [0.717, 1.165) is 25.8 Å². The number of primary amides is 1. The van der Waals surface area contributed by atoms with E-state index in [4.69, 9.17) is 10.8 Å². The van der Waals surface area contributed by atoms with Crippen molar-refractivity contribution in [2.45, 2.75) is 25.3 Å². The smallest absolute Gasteiger partial charge is 0.224 e. The Morgan fingerprint density at radius 2 is 2.42 bits per heavy atom. The molecule has 1 heterocycles. The Morgan fingerprint density at radius 3 is 2.83 bits per heavy atom. The lowest BCUT2D eigenvalue weighted by molar-refractivity contribution is -0.124. The van der Waals surface area contributed by atoms with Gasteiger partial charge in [0.05, 0.1) is 12.5 Å². The van der Waals surface area contributed by atoms with Crippen molar-refractivity contribution in [3.63, 3.8) is 0 Å². The summed E-state index contributed by atoms with van der Waals surface area (Å²) in [5.74, 6) is -0.817. The number of carbonyl (C=O) groups excluding carboxylic acids is 1. The molecule has 4 heteroatoms. The van der Waals surface area contributed by atoms with E-state index in [-0.39, 0.29) is 12.6 Å². The van der Waals surface area contributed by atoms with Gasteiger partial charge in [-0.15, -0.1) is 0 Å². The van der Waals surface area contributed by atoms with Crippen LogP contribution in [0.1, 0.15) is 19.3 Å². The molecule has 1 aliphatic heterocycles. The first kappa shape index (κ1) is 9.48. The fraction of sp³-hybridized carbons (Fsp3) is 0.875. The largest absolute Gasteiger partial charge is 0.395 e. The Morgan fingerprint density at radius 1 is 1.67 bits per heavy atom. The average Bonchev–Trinajstić information content (AvgIpc) is 2.07. The average molecular weight is 172 g/mol. The Bertz CT molecular complexity index is 155. The van der Waals surface area contributed by atoms with Crippen molar-refractivity contribution in [1.29, 1.82) is 0 Å². The van der Waals surface area contributed by atoms with Gasteiger partial charge in [-0.2, -0.15) is 0 Å². The molecule has 4 nitrogen and oxygen atoms in total. The molecule has 1 aliphatic rings. The number of hydrogen-bond acceptors (Lipinski definition) is 3. The third-order valence-corrected chi connectivity index (χ3v) is 2.40. The lowest BCUT2D eigenvalue weighted by Gasteiger charge is -2.28. The topological polar surface area (TPSA) is 75.4 Å². The molecule has 0 saturated carbocycles. The first-order valence-electron chi connectivity index (χ1n) is 4.39. The highest BCUT2D eigenvalue weighted by Crippen LogP contribution is 2.14. The van der Waals surface area contributed by atoms with E-state index in [0.29, 0.717) is 0 Å². The van der Waals surface area contributed by atoms with Gasteiger partial charge in [-0.25, -0.2) is 0 Å². The summed E-state index contributed by atoms with van der Waals surface area (Å²) in [4.78, 5) is 10.9. The van der Waals surface area contributed by atoms with Gasteiger partial charge in [-0.05, 0) is 19.4 Å². The number of nitrogens with one attached hydrogen (secondary N) is 1. The number of piperidine rings is 1. The monoisotopic (exact) mass is 172 g/mol. The molecule has 0 aromatic rings. The van der Waals surface area contributed by atoms with Crippen molar-refractivity contribution >= 4 is 5.91 Å². The first-order valence-corrected chi connectivity index (χ1v) is 4.39. The molecule has 70 valence electrons. The normalized spacial score (nSPS) is 26.6. The fourth-order valence-electron chi connectivity index (χ4n) is 1.64. The molecule has 0 aromatic carbocycles. The van der Waals surface area contributed by atoms with Crippen LogP contribution in [0.3, 0.4) is 0 Å². The summed E-state index contributed by atoms with van der Waals surface area (Å²) in [5, 5.41) is 12.1. The van der Waals surface area contributed by atoms with Crippen molar-refractivity contribution in [3.8, 4) is 0 Å². The molecule has 0 aromatic heterocycles. The van der Waals surface area contributed by atoms with Gasteiger partial charge in [0.25, 0.3) is 0 Å². The Hall–Kier alpha value is -0.610. The van der Waals surface area contributed by atoms with Crippen LogP contribution in [0, 0.1) is 5.92 Å². The fourth-order valence-corrected chi connectivity index (χ4v) is 1.64. The molecule has 2 atom stereocenters. The van der Waals surface area contributed by atoms with Crippen molar-refractivity contribution in [2.24, 2.45) is 11.7 Å². The predicted octanol–water partition coefficient (Wildman–Crippen LogP) is -0.778. The van der Waals surface area contributed by atoms with Crippen LogP contribution in [-0.2, 0) is 4.79 Å². The highest BCUT2D eigenvalue weighted by atomic mass is 16.3. The second-order valence-electron chi connectivity index (χ2n) is 3.25. The molecule has 1 saturated heterocycles. The van der Waals surface area contributed by atoms with Crippen LogP contribution >= 0.6 is 0 Å². The van der Waals surface area contributed by atoms with E-state index >= 15 is 0 Å². The molecule has 4 N–H and O–H groups in total. The van der Waals surface area contributed by atoms with E-state index in [2.05, 4.69) is 5.32 Å². The van der Waals surface area contributed by atoms with E-state index in [1.165, 1.54) is 0 Å². The minimum Gasteiger partial charge on any atom is -0.395 e. The lowest BCUT2D eigenvalue weighted by atomic mass is 9.92. The van der Waals surface area contributed by atoms with Gasteiger partial charge < -0.3 is 16.2 Å². The SMILES string of the molecule is NC(=O)C(CO)C1CCCCN1. The van der Waals surface area contributed by atoms with Crippen molar-refractivity contribution < 1.29 is 9.90 Å². The quantitative estimate of drug-likeness (QED) is 0.523. The number of nitrogens with two attached hydrogens (primary N) is 1. The number of hydrogen-bond donors (Lipinski definition) is 3. The summed E-state index contributed by atoms with van der Waals surface area (Å²) in [5.41, 5.74) is 5.14. The Labute approximate surface area is 72.1 Å². The van der Waals surface area contributed by atoms with Crippen LogP contribution in [-0.4, -0.2) is 30.2 Å². The zero-order valence-corrected chi connectivity index (χ0v) is 7.12. The van der Waals surface area contributed by atoms with Crippen molar-refractivity contribution in [1.82, 2.24) is 5.32 Å². The Balaban J connectivity index is 2.46. The zero-order chi connectivity index (χ0) is 8.97. The van der Waals surface area contributed by atoms with Gasteiger partial charge in [0.1, 0.15) is 0 Å². The summed E-state index contributed by atoms with van der Waals surface area (Å²) in [7, 11) is 0. The molecular weight excluding hydrogens is 156 g/mol. The number of carbonyl (C=O) groups is 1. The first-order chi connectivity index (χ1) is 5.75. The third kappa shape index (κ3) is 2.19. The second-order valence-corrected chi connectivity index (χ2v) is 3.25. The van der Waals surface area contributed by atoms with Gasteiger partial charge in [0.15, 0.2) is 0 Å². The van der Waals surface area contributed by atoms with E-state index in [1.54, 1.807) is 0 Å². The van der Waals surface area contributed by atoms with Gasteiger partial charge in [0.2, 0.25) is 5.91 Å². The van der Waals surface area contributed by atoms with Crippen LogP contribution in [0.4, 0.5) is 0 Å². The minimum absolute atomic E-state index is 0.0845. The Kier molecular flexibility index (Phi) is 3.49. The molecule has 12 heavy (non-hydrogen) atoms. The van der Waals surface area contributed by atoms with Crippen LogP contribution in [0.25, 0.3) is 0 Å². The number of rotatable bonds is 3. The zero-order valence-electron chi connectivity index (χ0n) is 7.12. The molecule has 0 bridgehead atoms. The van der Waals surface area contributed by atoms with Gasteiger partial charge in [0, 0.05) is 6.04 Å². The van der Waals surface area contributed by atoms with Gasteiger partial charge in [-0.3, -0.25) is 4.79 Å². The third-order valence-electron chi connectivity index (χ3n) is 2.40. The summed E-state index contributed by atoms with van der Waals surface area (Å²) in [6.45, 7) is 0.779. The molecule has 1 amide bonds. The highest BCUT2D eigenvalue weighted by Gasteiger charge is 2.26. The number of amides is 1. The minimum atomic E-state index is -0.412. The van der Waals surface area contributed by atoms with E-state index in [9.17, 15) is 4.79 Å². The van der Waals surface area contributed by atoms with Crippen LogP contribution < -0.4 is 11.1 Å². The van der Waals surface area contributed by atoms with Gasteiger partial charge in [-0.1, -0.05) is 6.42 Å².